The maximum atomic E-state index is 14.3. The van der Waals surface area contributed by atoms with Gasteiger partial charge in [0, 0.05) is 24.4 Å². The van der Waals surface area contributed by atoms with E-state index < -0.39 is 53.1 Å². The number of tetrazole rings is 1. The van der Waals surface area contributed by atoms with Gasteiger partial charge in [-0.25, -0.2) is 9.59 Å². The summed E-state index contributed by atoms with van der Waals surface area (Å²) in [5, 5.41) is 18.9. The molecule has 2 fully saturated rings. The molecule has 3 heterocycles. The molecule has 14 heteroatoms. The van der Waals surface area contributed by atoms with Gasteiger partial charge in [0.2, 0.25) is 17.6 Å². The molecule has 14 nitrogen and oxygen atoms in total. The van der Waals surface area contributed by atoms with Crippen molar-refractivity contribution in [1.29, 1.82) is 0 Å². The smallest absolute Gasteiger partial charge is 0.408 e. The standard InChI is InChI=1S/C34H47N7O7/c1-6-46-25-17-15-22(16-18-25)28-37-39-41(38-28)24-19-27-29(42)36-34(31(44)47-7-2)20-23(34)13-11-9-8-10-12-14-26(30(43)40(27)21-24)35-32(45)48-33(3,4)5/h11,13,15-18,23-24,26-27H,6-10,12,14,19-21H2,1-5H3,(H,35,45)(H,36,42)/b13-11-/t23-,24-,26+,27+,34-/m1/s1. The van der Waals surface area contributed by atoms with Crippen molar-refractivity contribution in [2.75, 3.05) is 19.8 Å². The van der Waals surface area contributed by atoms with Crippen molar-refractivity contribution in [2.24, 2.45) is 5.92 Å². The zero-order chi connectivity index (χ0) is 34.5. The highest BCUT2D eigenvalue weighted by molar-refractivity contribution is 5.96. The maximum Gasteiger partial charge on any atom is 0.408 e. The lowest BCUT2D eigenvalue weighted by Crippen LogP contribution is -2.56. The molecule has 3 amide bonds. The topological polar surface area (TPSA) is 167 Å². The first-order valence-corrected chi connectivity index (χ1v) is 16.9. The molecule has 1 aromatic carbocycles. The Morgan fingerprint density at radius 3 is 2.56 bits per heavy atom. The summed E-state index contributed by atoms with van der Waals surface area (Å²) in [7, 11) is 0. The molecule has 1 saturated carbocycles. The summed E-state index contributed by atoms with van der Waals surface area (Å²) in [6.45, 7) is 9.71. The molecule has 1 saturated heterocycles. The maximum absolute atomic E-state index is 14.3. The second kappa shape index (κ2) is 14.7. The molecule has 2 aromatic rings. The second-order valence-corrected chi connectivity index (χ2v) is 13.5. The van der Waals surface area contributed by atoms with Gasteiger partial charge >= 0.3 is 12.1 Å². The van der Waals surface area contributed by atoms with Crippen molar-refractivity contribution in [3.05, 3.63) is 36.4 Å². The molecule has 0 bridgehead atoms. The van der Waals surface area contributed by atoms with Crippen molar-refractivity contribution in [3.63, 3.8) is 0 Å². The summed E-state index contributed by atoms with van der Waals surface area (Å²) in [4.78, 5) is 57.4. The number of ether oxygens (including phenoxy) is 3. The Morgan fingerprint density at radius 2 is 1.85 bits per heavy atom. The van der Waals surface area contributed by atoms with Crippen LogP contribution in [0.2, 0.25) is 0 Å². The lowest BCUT2D eigenvalue weighted by atomic mass is 10.0. The van der Waals surface area contributed by atoms with Gasteiger partial charge in [-0.2, -0.15) is 4.80 Å². The van der Waals surface area contributed by atoms with Crippen LogP contribution in [0, 0.1) is 5.92 Å². The van der Waals surface area contributed by atoms with Gasteiger partial charge in [0.15, 0.2) is 0 Å². The van der Waals surface area contributed by atoms with E-state index >= 15 is 0 Å². The molecule has 48 heavy (non-hydrogen) atoms. The van der Waals surface area contributed by atoms with Gasteiger partial charge in [-0.05, 0) is 89.8 Å². The van der Waals surface area contributed by atoms with Crippen LogP contribution in [0.3, 0.4) is 0 Å². The van der Waals surface area contributed by atoms with Gasteiger partial charge < -0.3 is 29.7 Å². The number of allylic oxidation sites excluding steroid dienone is 1. The van der Waals surface area contributed by atoms with E-state index in [1.807, 2.05) is 43.3 Å². The minimum Gasteiger partial charge on any atom is -0.494 e. The Kier molecular flexibility index (Phi) is 10.7. The van der Waals surface area contributed by atoms with Gasteiger partial charge in [0.1, 0.15) is 29.0 Å². The number of alkyl carbamates (subject to hydrolysis) is 1. The highest BCUT2D eigenvalue weighted by Gasteiger charge is 2.62. The number of aromatic nitrogens is 4. The van der Waals surface area contributed by atoms with E-state index in [4.69, 9.17) is 14.2 Å². The van der Waals surface area contributed by atoms with Crippen LogP contribution >= 0.6 is 0 Å². The first-order chi connectivity index (χ1) is 22.9. The normalized spacial score (nSPS) is 27.0. The van der Waals surface area contributed by atoms with Crippen LogP contribution in [0.5, 0.6) is 5.75 Å². The number of benzene rings is 1. The third-order valence-corrected chi connectivity index (χ3v) is 8.76. The minimum absolute atomic E-state index is 0.0955. The average Bonchev–Trinajstić information content (AvgIpc) is 3.34. The first-order valence-electron chi connectivity index (χ1n) is 16.9. The Hall–Kier alpha value is -4.49. The van der Waals surface area contributed by atoms with Crippen LogP contribution in [0.25, 0.3) is 11.4 Å². The molecule has 1 aromatic heterocycles. The van der Waals surface area contributed by atoms with Crippen molar-refractivity contribution in [3.8, 4) is 17.1 Å². The fraction of sp³-hybridized carbons (Fsp3) is 0.618. The molecule has 5 rings (SSSR count). The van der Waals surface area contributed by atoms with E-state index in [0.717, 1.165) is 30.6 Å². The number of hydrogen-bond acceptors (Lipinski definition) is 10. The summed E-state index contributed by atoms with van der Waals surface area (Å²) in [5.41, 5.74) is -1.23. The number of hydrogen-bond donors (Lipinski definition) is 2. The first kappa shape index (κ1) is 34.8. The average molecular weight is 666 g/mol. The highest BCUT2D eigenvalue weighted by Crippen LogP contribution is 2.46. The molecule has 0 spiro atoms. The van der Waals surface area contributed by atoms with E-state index in [-0.39, 0.29) is 25.5 Å². The van der Waals surface area contributed by atoms with E-state index in [1.54, 1.807) is 27.7 Å². The molecule has 2 aliphatic heterocycles. The zero-order valence-electron chi connectivity index (χ0n) is 28.4. The number of amides is 3. The number of carbonyl (C=O) groups excluding carboxylic acids is 4. The molecule has 0 unspecified atom stereocenters. The van der Waals surface area contributed by atoms with E-state index in [0.29, 0.717) is 31.7 Å². The fourth-order valence-corrected chi connectivity index (χ4v) is 6.30. The van der Waals surface area contributed by atoms with Crippen molar-refractivity contribution < 1.29 is 33.4 Å². The van der Waals surface area contributed by atoms with Gasteiger partial charge in [-0.15, -0.1) is 10.2 Å². The number of nitrogens with one attached hydrogen (secondary N) is 2. The third kappa shape index (κ3) is 8.13. The summed E-state index contributed by atoms with van der Waals surface area (Å²) in [6, 6.07) is 4.94. The van der Waals surface area contributed by atoms with Crippen molar-refractivity contribution >= 4 is 23.9 Å². The Labute approximate surface area is 280 Å². The molecular formula is C34H47N7O7. The summed E-state index contributed by atoms with van der Waals surface area (Å²) >= 11 is 0. The third-order valence-electron chi connectivity index (χ3n) is 8.76. The summed E-state index contributed by atoms with van der Waals surface area (Å²) in [6.07, 6.45) is 7.45. The second-order valence-electron chi connectivity index (χ2n) is 13.5. The van der Waals surface area contributed by atoms with Gasteiger partial charge in [-0.3, -0.25) is 9.59 Å². The van der Waals surface area contributed by atoms with E-state index in [9.17, 15) is 19.2 Å². The Morgan fingerprint density at radius 1 is 1.08 bits per heavy atom. The fourth-order valence-electron chi connectivity index (χ4n) is 6.30. The minimum atomic E-state index is -1.20. The quantitative estimate of drug-likeness (QED) is 0.329. The van der Waals surface area contributed by atoms with Gasteiger partial charge in [-0.1, -0.05) is 25.0 Å². The van der Waals surface area contributed by atoms with Crippen LogP contribution in [0.1, 0.15) is 85.6 Å². The SMILES string of the molecule is CCOC(=O)[C@@]12C[C@H]1/C=C\CCCCC[C@H](NC(=O)OC(C)(C)C)C(=O)N1C[C@H](n3nnc(-c4ccc(OCC)cc4)n3)C[C@H]1C(=O)N2. The number of esters is 1. The van der Waals surface area contributed by atoms with Crippen LogP contribution < -0.4 is 15.4 Å². The zero-order valence-corrected chi connectivity index (χ0v) is 28.4. The number of carbonyl (C=O) groups is 4. The number of nitrogens with zero attached hydrogens (tertiary/aromatic N) is 5. The van der Waals surface area contributed by atoms with Gasteiger partial charge in [0.25, 0.3) is 0 Å². The lowest BCUT2D eigenvalue weighted by Gasteiger charge is -2.30. The Bertz CT molecular complexity index is 1500. The monoisotopic (exact) mass is 665 g/mol. The highest BCUT2D eigenvalue weighted by atomic mass is 16.6. The molecule has 2 N–H and O–H groups in total. The lowest BCUT2D eigenvalue weighted by molar-refractivity contribution is -0.150. The largest absolute Gasteiger partial charge is 0.494 e. The Balaban J connectivity index is 1.44. The predicted molar refractivity (Wildman–Crippen MR) is 175 cm³/mol. The van der Waals surface area contributed by atoms with Crippen molar-refractivity contribution in [2.45, 2.75) is 109 Å². The molecular weight excluding hydrogens is 618 g/mol. The molecule has 0 radical (unpaired) electrons. The van der Waals surface area contributed by atoms with Crippen LogP contribution in [0.15, 0.2) is 36.4 Å². The number of fused-ring (bicyclic) bond motifs is 2. The van der Waals surface area contributed by atoms with E-state index in [1.165, 1.54) is 9.70 Å². The van der Waals surface area contributed by atoms with Crippen molar-refractivity contribution in [1.82, 2.24) is 35.7 Å². The summed E-state index contributed by atoms with van der Waals surface area (Å²) < 4.78 is 16.4. The van der Waals surface area contributed by atoms with E-state index in [2.05, 4.69) is 26.0 Å². The molecule has 1 aliphatic carbocycles. The predicted octanol–water partition coefficient (Wildman–Crippen LogP) is 3.73. The molecule has 3 aliphatic rings. The summed E-state index contributed by atoms with van der Waals surface area (Å²) in [5.74, 6) is -0.485. The van der Waals surface area contributed by atoms with Crippen LogP contribution in [0.4, 0.5) is 4.79 Å². The van der Waals surface area contributed by atoms with Gasteiger partial charge in [0.05, 0.1) is 19.3 Å². The molecule has 260 valence electrons. The van der Waals surface area contributed by atoms with Crippen LogP contribution in [-0.4, -0.2) is 92.0 Å². The molecule has 5 atom stereocenters. The van der Waals surface area contributed by atoms with Crippen LogP contribution in [-0.2, 0) is 23.9 Å². The number of rotatable bonds is 7.